The van der Waals surface area contributed by atoms with E-state index in [-0.39, 0.29) is 24.1 Å². The van der Waals surface area contributed by atoms with Crippen LogP contribution in [0.1, 0.15) is 47.6 Å². The molecule has 4 rings (SSSR count). The highest BCUT2D eigenvalue weighted by Crippen LogP contribution is 2.30. The number of aromatic amines is 1. The van der Waals surface area contributed by atoms with E-state index in [4.69, 9.17) is 5.11 Å². The van der Waals surface area contributed by atoms with Gasteiger partial charge < -0.3 is 15.4 Å². The lowest BCUT2D eigenvalue weighted by Gasteiger charge is -2.11. The summed E-state index contributed by atoms with van der Waals surface area (Å²) in [5, 5.41) is 11.7. The number of nitrogens with zero attached hydrogens (tertiary/aromatic N) is 1. The van der Waals surface area contributed by atoms with Crippen molar-refractivity contribution in [2.75, 3.05) is 5.32 Å². The van der Waals surface area contributed by atoms with E-state index in [0.717, 1.165) is 31.2 Å². The second-order valence-electron chi connectivity index (χ2n) is 7.20. The molecule has 0 unspecified atom stereocenters. The monoisotopic (exact) mass is 379 g/mol. The highest BCUT2D eigenvalue weighted by atomic mass is 16.4. The molecule has 1 fully saturated rings. The number of H-pyrrole nitrogens is 1. The zero-order chi connectivity index (χ0) is 19.7. The molecule has 0 saturated heterocycles. The number of fused-ring (bicyclic) bond motifs is 1. The van der Waals surface area contributed by atoms with E-state index >= 15 is 0 Å². The van der Waals surface area contributed by atoms with E-state index in [1.807, 2.05) is 0 Å². The Balaban J connectivity index is 1.58. The van der Waals surface area contributed by atoms with Gasteiger partial charge in [0.25, 0.3) is 5.91 Å². The molecule has 0 aliphatic heterocycles. The van der Waals surface area contributed by atoms with Crippen LogP contribution in [0.4, 0.5) is 5.69 Å². The number of carbonyl (C=O) groups is 2. The number of nitrogens with one attached hydrogen (secondary N) is 2. The van der Waals surface area contributed by atoms with E-state index in [2.05, 4.69) is 10.3 Å². The van der Waals surface area contributed by atoms with Crippen LogP contribution < -0.4 is 11.0 Å². The molecule has 1 heterocycles. The highest BCUT2D eigenvalue weighted by molar-refractivity contribution is 6.06. The second kappa shape index (κ2) is 7.34. The summed E-state index contributed by atoms with van der Waals surface area (Å²) in [7, 11) is 0. The number of carbonyl (C=O) groups excluding carboxylic acids is 1. The van der Waals surface area contributed by atoms with Crippen LogP contribution >= 0.6 is 0 Å². The first-order valence-electron chi connectivity index (χ1n) is 9.37. The minimum Gasteiger partial charge on any atom is -0.481 e. The maximum atomic E-state index is 12.6. The maximum absolute atomic E-state index is 12.6. The average molecular weight is 379 g/mol. The van der Waals surface area contributed by atoms with E-state index in [1.54, 1.807) is 47.0 Å². The summed E-state index contributed by atoms with van der Waals surface area (Å²) >= 11 is 0. The molecule has 2 aromatic carbocycles. The highest BCUT2D eigenvalue weighted by Gasteiger charge is 2.21. The number of amides is 1. The van der Waals surface area contributed by atoms with Gasteiger partial charge in [-0.2, -0.15) is 0 Å². The number of anilines is 1. The summed E-state index contributed by atoms with van der Waals surface area (Å²) in [5.74, 6) is -1.24. The molecule has 7 nitrogen and oxygen atoms in total. The molecule has 1 amide bonds. The van der Waals surface area contributed by atoms with Crippen molar-refractivity contribution < 1.29 is 14.7 Å². The number of imidazole rings is 1. The molecule has 1 aromatic heterocycles. The largest absolute Gasteiger partial charge is 0.481 e. The van der Waals surface area contributed by atoms with Crippen molar-refractivity contribution >= 4 is 28.6 Å². The summed E-state index contributed by atoms with van der Waals surface area (Å²) in [4.78, 5) is 38.7. The fraction of sp³-hybridized carbons (Fsp3) is 0.286. The molecule has 28 heavy (non-hydrogen) atoms. The fourth-order valence-electron chi connectivity index (χ4n) is 3.93. The van der Waals surface area contributed by atoms with E-state index in [1.165, 1.54) is 0 Å². The van der Waals surface area contributed by atoms with Gasteiger partial charge in [0.05, 0.1) is 17.5 Å². The van der Waals surface area contributed by atoms with Crippen LogP contribution in [0.25, 0.3) is 11.0 Å². The van der Waals surface area contributed by atoms with Gasteiger partial charge >= 0.3 is 11.7 Å². The van der Waals surface area contributed by atoms with Crippen LogP contribution in [0, 0.1) is 0 Å². The minimum atomic E-state index is -0.926. The van der Waals surface area contributed by atoms with Crippen molar-refractivity contribution in [3.8, 4) is 0 Å². The van der Waals surface area contributed by atoms with Gasteiger partial charge in [0, 0.05) is 17.3 Å². The second-order valence-corrected chi connectivity index (χ2v) is 7.20. The van der Waals surface area contributed by atoms with E-state index in [0.29, 0.717) is 22.3 Å². The van der Waals surface area contributed by atoms with Crippen molar-refractivity contribution in [3.05, 3.63) is 64.1 Å². The fourth-order valence-corrected chi connectivity index (χ4v) is 3.93. The normalized spacial score (nSPS) is 14.4. The molecule has 1 aliphatic rings. The number of hydrogen-bond acceptors (Lipinski definition) is 3. The van der Waals surface area contributed by atoms with E-state index < -0.39 is 5.97 Å². The van der Waals surface area contributed by atoms with Gasteiger partial charge in [-0.3, -0.25) is 14.2 Å². The summed E-state index contributed by atoms with van der Waals surface area (Å²) in [6.45, 7) is 0. The first kappa shape index (κ1) is 18.0. The third-order valence-electron chi connectivity index (χ3n) is 5.21. The molecule has 0 spiro atoms. The molecular weight excluding hydrogens is 358 g/mol. The molecular formula is C21H21N3O4. The summed E-state index contributed by atoms with van der Waals surface area (Å²) < 4.78 is 1.80. The number of hydrogen-bond donors (Lipinski definition) is 3. The zero-order valence-electron chi connectivity index (χ0n) is 15.3. The Kier molecular flexibility index (Phi) is 4.73. The number of benzene rings is 2. The average Bonchev–Trinajstić information content (AvgIpc) is 3.27. The third-order valence-corrected chi connectivity index (χ3v) is 5.21. The smallest absolute Gasteiger partial charge is 0.326 e. The van der Waals surface area contributed by atoms with Gasteiger partial charge in [0.1, 0.15) is 0 Å². The van der Waals surface area contributed by atoms with Crippen LogP contribution in [0.2, 0.25) is 0 Å². The quantitative estimate of drug-likeness (QED) is 0.632. The third kappa shape index (κ3) is 3.55. The molecule has 1 saturated carbocycles. The van der Waals surface area contributed by atoms with Crippen LogP contribution in [-0.4, -0.2) is 26.5 Å². The van der Waals surface area contributed by atoms with Crippen LogP contribution in [0.5, 0.6) is 0 Å². The van der Waals surface area contributed by atoms with Gasteiger partial charge in [-0.05, 0) is 48.7 Å². The Hall–Kier alpha value is -3.35. The van der Waals surface area contributed by atoms with Crippen molar-refractivity contribution in [1.29, 1.82) is 0 Å². The number of carboxylic acid groups (broad SMARTS) is 1. The lowest BCUT2D eigenvalue weighted by molar-refractivity contribution is -0.136. The Morgan fingerprint density at radius 2 is 1.93 bits per heavy atom. The van der Waals surface area contributed by atoms with Crippen LogP contribution in [-0.2, 0) is 11.2 Å². The first-order chi connectivity index (χ1) is 13.5. The van der Waals surface area contributed by atoms with Crippen molar-refractivity contribution in [2.45, 2.75) is 38.1 Å². The first-order valence-corrected chi connectivity index (χ1v) is 9.37. The van der Waals surface area contributed by atoms with Gasteiger partial charge in [-0.1, -0.05) is 25.0 Å². The zero-order valence-corrected chi connectivity index (χ0v) is 15.3. The predicted octanol–water partition coefficient (Wildman–Crippen LogP) is 3.32. The number of aromatic nitrogens is 2. The predicted molar refractivity (Wildman–Crippen MR) is 106 cm³/mol. The molecule has 144 valence electrons. The van der Waals surface area contributed by atoms with E-state index in [9.17, 15) is 14.4 Å². The molecule has 0 atom stereocenters. The summed E-state index contributed by atoms with van der Waals surface area (Å²) in [6.07, 6.45) is 4.16. The van der Waals surface area contributed by atoms with Crippen LogP contribution in [0.3, 0.4) is 0 Å². The lowest BCUT2D eigenvalue weighted by Crippen LogP contribution is -2.20. The van der Waals surface area contributed by atoms with Crippen molar-refractivity contribution in [2.24, 2.45) is 0 Å². The topological polar surface area (TPSA) is 104 Å². The SMILES string of the molecule is O=C(O)Cc1cccc(NC(=O)c2ccc3c(c2)[nH]c(=O)n3C2CCCC2)c1. The van der Waals surface area contributed by atoms with Gasteiger partial charge in [-0.15, -0.1) is 0 Å². The molecule has 0 bridgehead atoms. The Morgan fingerprint density at radius 1 is 1.14 bits per heavy atom. The summed E-state index contributed by atoms with van der Waals surface area (Å²) in [5.41, 5.74) is 2.89. The summed E-state index contributed by atoms with van der Waals surface area (Å²) in [6, 6.07) is 12.2. The molecule has 0 radical (unpaired) electrons. The van der Waals surface area contributed by atoms with Gasteiger partial charge in [0.15, 0.2) is 0 Å². The maximum Gasteiger partial charge on any atom is 0.326 e. The Labute approximate surface area is 161 Å². The Bertz CT molecular complexity index is 1110. The van der Waals surface area contributed by atoms with Gasteiger partial charge in [0.2, 0.25) is 0 Å². The van der Waals surface area contributed by atoms with Crippen molar-refractivity contribution in [3.63, 3.8) is 0 Å². The number of carboxylic acids is 1. The number of aliphatic carboxylic acids is 1. The standard InChI is InChI=1S/C21H21N3O4/c25-19(26)11-13-4-3-5-15(10-13)22-20(27)14-8-9-18-17(12-14)23-21(28)24(18)16-6-1-2-7-16/h3-5,8-10,12,16H,1-2,6-7,11H2,(H,22,27)(H,23,28)(H,25,26). The molecule has 3 N–H and O–H groups in total. The molecule has 1 aliphatic carbocycles. The molecule has 7 heteroatoms. The van der Waals surface area contributed by atoms with Crippen molar-refractivity contribution in [1.82, 2.24) is 9.55 Å². The van der Waals surface area contributed by atoms with Crippen LogP contribution in [0.15, 0.2) is 47.3 Å². The lowest BCUT2D eigenvalue weighted by atomic mass is 10.1. The minimum absolute atomic E-state index is 0.106. The molecule has 3 aromatic rings. The Morgan fingerprint density at radius 3 is 2.68 bits per heavy atom. The number of rotatable bonds is 5. The van der Waals surface area contributed by atoms with Gasteiger partial charge in [-0.25, -0.2) is 4.79 Å².